The zero-order valence-electron chi connectivity index (χ0n) is 6.58. The van der Waals surface area contributed by atoms with Crippen molar-refractivity contribution in [2.24, 2.45) is 0 Å². The molecule has 1 heterocycles. The molecule has 0 radical (unpaired) electrons. The summed E-state index contributed by atoms with van der Waals surface area (Å²) in [6.45, 7) is -0.672. The molecule has 0 amide bonds. The maximum absolute atomic E-state index is 11.9. The van der Waals surface area contributed by atoms with Crippen LogP contribution in [-0.2, 0) is 6.54 Å². The molecule has 68 valence electrons. The standard InChI is InChI=1S/C8H6F2N2O/c9-7(10)5-12-4-6(3-11)1-2-8(12)13/h1-2,4,7H,5H2. The van der Waals surface area contributed by atoms with Gasteiger partial charge in [0.25, 0.3) is 12.0 Å². The van der Waals surface area contributed by atoms with Gasteiger partial charge in [-0.1, -0.05) is 0 Å². The highest BCUT2D eigenvalue weighted by Gasteiger charge is 2.05. The van der Waals surface area contributed by atoms with Gasteiger partial charge >= 0.3 is 0 Å². The highest BCUT2D eigenvalue weighted by Crippen LogP contribution is 1.98. The number of hydrogen-bond donors (Lipinski definition) is 0. The van der Waals surface area contributed by atoms with E-state index in [1.807, 2.05) is 0 Å². The summed E-state index contributed by atoms with van der Waals surface area (Å²) in [7, 11) is 0. The molecular weight excluding hydrogens is 178 g/mol. The lowest BCUT2D eigenvalue weighted by Crippen LogP contribution is -2.22. The van der Waals surface area contributed by atoms with E-state index in [0.29, 0.717) is 0 Å². The summed E-state index contributed by atoms with van der Waals surface area (Å²) < 4.78 is 24.6. The molecule has 0 saturated heterocycles. The van der Waals surface area contributed by atoms with Crippen LogP contribution in [0.25, 0.3) is 0 Å². The third-order valence-corrected chi connectivity index (χ3v) is 1.45. The van der Waals surface area contributed by atoms with Gasteiger partial charge in [0.2, 0.25) is 0 Å². The summed E-state index contributed by atoms with van der Waals surface area (Å²) in [5.41, 5.74) is -0.334. The first-order valence-electron chi connectivity index (χ1n) is 3.52. The lowest BCUT2D eigenvalue weighted by molar-refractivity contribution is 0.125. The highest BCUT2D eigenvalue weighted by molar-refractivity contribution is 5.24. The van der Waals surface area contributed by atoms with Gasteiger partial charge in [0.1, 0.15) is 6.07 Å². The van der Waals surface area contributed by atoms with Gasteiger partial charge in [0.15, 0.2) is 0 Å². The minimum atomic E-state index is -2.59. The Kier molecular flexibility index (Phi) is 2.75. The van der Waals surface area contributed by atoms with Crippen molar-refractivity contribution in [3.63, 3.8) is 0 Å². The Labute approximate surface area is 72.8 Å². The quantitative estimate of drug-likeness (QED) is 0.687. The number of halogens is 2. The monoisotopic (exact) mass is 184 g/mol. The summed E-state index contributed by atoms with van der Waals surface area (Å²) in [6, 6.07) is 4.16. The largest absolute Gasteiger partial charge is 0.308 e. The van der Waals surface area contributed by atoms with Crippen LogP contribution in [0.5, 0.6) is 0 Å². The van der Waals surface area contributed by atoms with Crippen LogP contribution in [0.3, 0.4) is 0 Å². The summed E-state index contributed by atoms with van der Waals surface area (Å²) in [5.74, 6) is 0. The summed E-state index contributed by atoms with van der Waals surface area (Å²) in [6.07, 6.45) is -1.47. The van der Waals surface area contributed by atoms with Crippen molar-refractivity contribution in [1.82, 2.24) is 4.57 Å². The maximum Gasteiger partial charge on any atom is 0.256 e. The Hall–Kier alpha value is -1.70. The molecule has 0 aliphatic heterocycles. The normalized spacial score (nSPS) is 10.0. The summed E-state index contributed by atoms with van der Waals surface area (Å²) in [4.78, 5) is 10.9. The Bertz CT molecular complexity index is 392. The second-order valence-corrected chi connectivity index (χ2v) is 2.41. The molecule has 3 nitrogen and oxygen atoms in total. The van der Waals surface area contributed by atoms with Crippen LogP contribution in [0, 0.1) is 11.3 Å². The van der Waals surface area contributed by atoms with Crippen LogP contribution >= 0.6 is 0 Å². The van der Waals surface area contributed by atoms with Crippen LogP contribution in [0.2, 0.25) is 0 Å². The van der Waals surface area contributed by atoms with Crippen LogP contribution in [0.15, 0.2) is 23.1 Å². The van der Waals surface area contributed by atoms with E-state index >= 15 is 0 Å². The predicted molar refractivity (Wildman–Crippen MR) is 41.4 cm³/mol. The fourth-order valence-electron chi connectivity index (χ4n) is 0.889. The second-order valence-electron chi connectivity index (χ2n) is 2.41. The van der Waals surface area contributed by atoms with E-state index in [1.165, 1.54) is 6.07 Å². The summed E-state index contributed by atoms with van der Waals surface area (Å²) >= 11 is 0. The predicted octanol–water partition coefficient (Wildman–Crippen LogP) is 0.985. The Morgan fingerprint density at radius 3 is 2.77 bits per heavy atom. The maximum atomic E-state index is 11.9. The minimum Gasteiger partial charge on any atom is -0.308 e. The van der Waals surface area contributed by atoms with Crippen LogP contribution < -0.4 is 5.56 Å². The van der Waals surface area contributed by atoms with Crippen molar-refractivity contribution in [3.8, 4) is 6.07 Å². The topological polar surface area (TPSA) is 45.8 Å². The molecule has 0 unspecified atom stereocenters. The third kappa shape index (κ3) is 2.37. The Morgan fingerprint density at radius 1 is 1.54 bits per heavy atom. The number of nitriles is 1. The van der Waals surface area contributed by atoms with Crippen molar-refractivity contribution in [2.45, 2.75) is 13.0 Å². The molecule has 0 spiro atoms. The number of alkyl halides is 2. The third-order valence-electron chi connectivity index (χ3n) is 1.45. The van der Waals surface area contributed by atoms with Crippen molar-refractivity contribution in [1.29, 1.82) is 5.26 Å². The highest BCUT2D eigenvalue weighted by atomic mass is 19.3. The molecule has 0 aromatic carbocycles. The number of aromatic nitrogens is 1. The van der Waals surface area contributed by atoms with Gasteiger partial charge in [-0.25, -0.2) is 8.78 Å². The Morgan fingerprint density at radius 2 is 2.23 bits per heavy atom. The van der Waals surface area contributed by atoms with E-state index < -0.39 is 18.5 Å². The number of hydrogen-bond acceptors (Lipinski definition) is 2. The average Bonchev–Trinajstić information content (AvgIpc) is 2.08. The lowest BCUT2D eigenvalue weighted by Gasteiger charge is -2.03. The van der Waals surface area contributed by atoms with E-state index in [0.717, 1.165) is 16.8 Å². The van der Waals surface area contributed by atoms with E-state index in [-0.39, 0.29) is 5.56 Å². The van der Waals surface area contributed by atoms with E-state index in [1.54, 1.807) is 6.07 Å². The van der Waals surface area contributed by atoms with Gasteiger partial charge in [-0.3, -0.25) is 4.79 Å². The first-order valence-corrected chi connectivity index (χ1v) is 3.52. The Balaban J connectivity index is 3.06. The zero-order chi connectivity index (χ0) is 9.84. The molecule has 0 aliphatic carbocycles. The van der Waals surface area contributed by atoms with E-state index in [9.17, 15) is 13.6 Å². The van der Waals surface area contributed by atoms with Crippen molar-refractivity contribution in [2.75, 3.05) is 0 Å². The van der Waals surface area contributed by atoms with Crippen LogP contribution in [-0.4, -0.2) is 11.0 Å². The number of pyridine rings is 1. The van der Waals surface area contributed by atoms with E-state index in [2.05, 4.69) is 0 Å². The van der Waals surface area contributed by atoms with Gasteiger partial charge in [0, 0.05) is 12.3 Å². The SMILES string of the molecule is N#Cc1ccc(=O)n(CC(F)F)c1. The molecular formula is C8H6F2N2O. The minimum absolute atomic E-state index is 0.195. The molecule has 1 aromatic heterocycles. The van der Waals surface area contributed by atoms with Crippen molar-refractivity contribution in [3.05, 3.63) is 34.2 Å². The van der Waals surface area contributed by atoms with Gasteiger partial charge < -0.3 is 4.57 Å². The molecule has 1 aromatic rings. The molecule has 13 heavy (non-hydrogen) atoms. The molecule has 0 aliphatic rings. The average molecular weight is 184 g/mol. The second kappa shape index (κ2) is 3.81. The lowest BCUT2D eigenvalue weighted by atomic mass is 10.3. The van der Waals surface area contributed by atoms with Crippen molar-refractivity contribution >= 4 is 0 Å². The molecule has 0 atom stereocenters. The first kappa shape index (κ1) is 9.39. The number of nitrogens with zero attached hydrogens (tertiary/aromatic N) is 2. The van der Waals surface area contributed by atoms with Gasteiger partial charge in [-0.15, -0.1) is 0 Å². The molecule has 0 N–H and O–H groups in total. The van der Waals surface area contributed by atoms with Gasteiger partial charge in [0.05, 0.1) is 12.1 Å². The fraction of sp³-hybridized carbons (Fsp3) is 0.250. The van der Waals surface area contributed by atoms with Gasteiger partial charge in [-0.05, 0) is 6.07 Å². The molecule has 0 saturated carbocycles. The van der Waals surface area contributed by atoms with Crippen LogP contribution in [0.1, 0.15) is 5.56 Å². The van der Waals surface area contributed by atoms with Gasteiger partial charge in [-0.2, -0.15) is 5.26 Å². The first-order chi connectivity index (χ1) is 6.13. The van der Waals surface area contributed by atoms with Crippen molar-refractivity contribution < 1.29 is 8.78 Å². The molecule has 0 fully saturated rings. The molecule has 5 heteroatoms. The molecule has 1 rings (SSSR count). The van der Waals surface area contributed by atoms with E-state index in [4.69, 9.17) is 5.26 Å². The fourth-order valence-corrected chi connectivity index (χ4v) is 0.889. The molecule has 0 bridgehead atoms. The number of rotatable bonds is 2. The summed E-state index contributed by atoms with van der Waals surface area (Å²) in [5, 5.41) is 8.43. The smallest absolute Gasteiger partial charge is 0.256 e. The van der Waals surface area contributed by atoms with Crippen LogP contribution in [0.4, 0.5) is 8.78 Å². The zero-order valence-corrected chi connectivity index (χ0v) is 6.58.